The Morgan fingerprint density at radius 1 is 1.24 bits per heavy atom. The summed E-state index contributed by atoms with van der Waals surface area (Å²) in [5, 5.41) is 3.41. The van der Waals surface area contributed by atoms with Crippen LogP contribution in [-0.4, -0.2) is 39.9 Å². The fourth-order valence-electron chi connectivity index (χ4n) is 2.42. The van der Waals surface area contributed by atoms with Gasteiger partial charge < -0.3 is 10.1 Å². The quantitative estimate of drug-likeness (QED) is 0.764. The lowest BCUT2D eigenvalue weighted by atomic mass is 10.0. The maximum atomic E-state index is 11.9. The van der Waals surface area contributed by atoms with E-state index in [9.17, 15) is 8.42 Å². The molecular weight excluding hydrogens is 288 g/mol. The zero-order valence-corrected chi connectivity index (χ0v) is 13.1. The highest BCUT2D eigenvalue weighted by molar-refractivity contribution is 7.89. The Bertz CT molecular complexity index is 499. The van der Waals surface area contributed by atoms with Crippen LogP contribution in [0.1, 0.15) is 25.7 Å². The molecule has 1 aromatic rings. The van der Waals surface area contributed by atoms with Crippen molar-refractivity contribution in [1.82, 2.24) is 10.0 Å². The maximum Gasteiger partial charge on any atom is 0.214 e. The summed E-state index contributed by atoms with van der Waals surface area (Å²) in [6, 6.07) is 9.69. The molecule has 1 aliphatic heterocycles. The largest absolute Gasteiger partial charge is 0.492 e. The maximum absolute atomic E-state index is 11.9. The average Bonchev–Trinajstić information content (AvgIpc) is 2.49. The van der Waals surface area contributed by atoms with Gasteiger partial charge in [-0.2, -0.15) is 0 Å². The van der Waals surface area contributed by atoms with Crippen molar-refractivity contribution in [2.24, 2.45) is 0 Å². The summed E-state index contributed by atoms with van der Waals surface area (Å²) in [5.41, 5.74) is 0. The minimum atomic E-state index is -3.26. The van der Waals surface area contributed by atoms with E-state index in [1.165, 1.54) is 12.8 Å². The van der Waals surface area contributed by atoms with Gasteiger partial charge in [0.05, 0.1) is 5.75 Å². The number of para-hydroxylation sites is 1. The number of hydrogen-bond acceptors (Lipinski definition) is 4. The third-order valence-electron chi connectivity index (χ3n) is 3.59. The van der Waals surface area contributed by atoms with E-state index in [2.05, 4.69) is 10.0 Å². The molecule has 2 N–H and O–H groups in total. The molecule has 118 valence electrons. The zero-order chi connectivity index (χ0) is 15.0. The number of ether oxygens (including phenoxy) is 1. The van der Waals surface area contributed by atoms with Crippen molar-refractivity contribution in [3.63, 3.8) is 0 Å². The minimum Gasteiger partial charge on any atom is -0.492 e. The number of nitrogens with one attached hydrogen (secondary N) is 2. The number of benzene rings is 1. The second kappa shape index (κ2) is 8.36. The Morgan fingerprint density at radius 3 is 2.76 bits per heavy atom. The first-order chi connectivity index (χ1) is 10.2. The Balaban J connectivity index is 1.62. The smallest absolute Gasteiger partial charge is 0.214 e. The fraction of sp³-hybridized carbons (Fsp3) is 0.600. The molecule has 0 aliphatic carbocycles. The van der Waals surface area contributed by atoms with Gasteiger partial charge in [0.15, 0.2) is 0 Å². The molecule has 1 atom stereocenters. The van der Waals surface area contributed by atoms with Crippen molar-refractivity contribution in [1.29, 1.82) is 0 Å². The third kappa shape index (κ3) is 6.46. The first-order valence-corrected chi connectivity index (χ1v) is 9.19. The molecule has 0 spiro atoms. The van der Waals surface area contributed by atoms with E-state index in [1.54, 1.807) is 0 Å². The SMILES string of the molecule is O=S(=O)(CCOc1ccccc1)NCC[C@H]1CCCCN1. The van der Waals surface area contributed by atoms with Crippen LogP contribution in [0, 0.1) is 0 Å². The normalized spacial score (nSPS) is 19.3. The van der Waals surface area contributed by atoms with Gasteiger partial charge in [0.25, 0.3) is 0 Å². The van der Waals surface area contributed by atoms with Crippen LogP contribution in [0.2, 0.25) is 0 Å². The molecule has 1 saturated heterocycles. The Morgan fingerprint density at radius 2 is 2.05 bits per heavy atom. The molecule has 0 saturated carbocycles. The van der Waals surface area contributed by atoms with E-state index in [4.69, 9.17) is 4.74 Å². The van der Waals surface area contributed by atoms with Gasteiger partial charge in [0, 0.05) is 12.6 Å². The first-order valence-electron chi connectivity index (χ1n) is 7.54. The fourth-order valence-corrected chi connectivity index (χ4v) is 3.29. The van der Waals surface area contributed by atoms with Crippen molar-refractivity contribution in [3.8, 4) is 5.75 Å². The van der Waals surface area contributed by atoms with E-state index in [-0.39, 0.29) is 12.4 Å². The molecule has 0 bridgehead atoms. The average molecular weight is 312 g/mol. The lowest BCUT2D eigenvalue weighted by Crippen LogP contribution is -2.38. The van der Waals surface area contributed by atoms with E-state index in [0.29, 0.717) is 18.3 Å². The van der Waals surface area contributed by atoms with E-state index < -0.39 is 10.0 Å². The zero-order valence-electron chi connectivity index (χ0n) is 12.3. The van der Waals surface area contributed by atoms with Crippen molar-refractivity contribution in [2.45, 2.75) is 31.7 Å². The summed E-state index contributed by atoms with van der Waals surface area (Å²) in [4.78, 5) is 0. The van der Waals surface area contributed by atoms with E-state index in [1.807, 2.05) is 30.3 Å². The molecule has 1 fully saturated rings. The Kier molecular flexibility index (Phi) is 6.48. The topological polar surface area (TPSA) is 67.4 Å². The lowest BCUT2D eigenvalue weighted by Gasteiger charge is -2.23. The lowest BCUT2D eigenvalue weighted by molar-refractivity contribution is 0.340. The number of piperidine rings is 1. The molecule has 0 aromatic heterocycles. The molecule has 1 aliphatic rings. The van der Waals surface area contributed by atoms with Gasteiger partial charge in [-0.1, -0.05) is 24.6 Å². The van der Waals surface area contributed by atoms with Crippen LogP contribution in [0.5, 0.6) is 5.75 Å². The summed E-state index contributed by atoms with van der Waals surface area (Å²) in [5.74, 6) is 0.680. The van der Waals surface area contributed by atoms with Gasteiger partial charge in [0.2, 0.25) is 10.0 Å². The van der Waals surface area contributed by atoms with Gasteiger partial charge in [-0.15, -0.1) is 0 Å². The van der Waals surface area contributed by atoms with Crippen LogP contribution in [0.15, 0.2) is 30.3 Å². The molecule has 5 nitrogen and oxygen atoms in total. The highest BCUT2D eigenvalue weighted by Gasteiger charge is 2.14. The number of hydrogen-bond donors (Lipinski definition) is 2. The van der Waals surface area contributed by atoms with Crippen molar-refractivity contribution >= 4 is 10.0 Å². The van der Waals surface area contributed by atoms with Crippen LogP contribution in [0.25, 0.3) is 0 Å². The van der Waals surface area contributed by atoms with Crippen LogP contribution < -0.4 is 14.8 Å². The van der Waals surface area contributed by atoms with Gasteiger partial charge in [0.1, 0.15) is 12.4 Å². The molecule has 1 aromatic carbocycles. The molecule has 1 heterocycles. The molecule has 6 heteroatoms. The van der Waals surface area contributed by atoms with Crippen LogP contribution in [0.3, 0.4) is 0 Å². The van der Waals surface area contributed by atoms with Gasteiger partial charge >= 0.3 is 0 Å². The third-order valence-corrected chi connectivity index (χ3v) is 4.94. The van der Waals surface area contributed by atoms with Crippen molar-refractivity contribution in [3.05, 3.63) is 30.3 Å². The molecule has 0 radical (unpaired) electrons. The predicted octanol–water partition coefficient (Wildman–Crippen LogP) is 1.52. The van der Waals surface area contributed by atoms with Gasteiger partial charge in [-0.05, 0) is 37.9 Å². The van der Waals surface area contributed by atoms with Crippen LogP contribution >= 0.6 is 0 Å². The van der Waals surface area contributed by atoms with Crippen LogP contribution in [-0.2, 0) is 10.0 Å². The molecule has 0 unspecified atom stereocenters. The minimum absolute atomic E-state index is 0.0139. The summed E-state index contributed by atoms with van der Waals surface area (Å²) >= 11 is 0. The highest BCUT2D eigenvalue weighted by Crippen LogP contribution is 2.10. The number of rotatable bonds is 8. The van der Waals surface area contributed by atoms with Crippen LogP contribution in [0.4, 0.5) is 0 Å². The first kappa shape index (κ1) is 16.3. The molecular formula is C15H24N2O3S. The summed E-state index contributed by atoms with van der Waals surface area (Å²) in [6.07, 6.45) is 4.44. The Labute approximate surface area is 127 Å². The predicted molar refractivity (Wildman–Crippen MR) is 84.0 cm³/mol. The second-order valence-electron chi connectivity index (χ2n) is 5.31. The second-order valence-corrected chi connectivity index (χ2v) is 7.24. The molecule has 0 amide bonds. The van der Waals surface area contributed by atoms with Gasteiger partial charge in [-0.25, -0.2) is 13.1 Å². The summed E-state index contributed by atoms with van der Waals surface area (Å²) in [6.45, 7) is 1.70. The molecule has 21 heavy (non-hydrogen) atoms. The van der Waals surface area contributed by atoms with Crippen molar-refractivity contribution < 1.29 is 13.2 Å². The number of sulfonamides is 1. The monoisotopic (exact) mass is 312 g/mol. The summed E-state index contributed by atoms with van der Waals surface area (Å²) < 4.78 is 31.8. The molecule has 2 rings (SSSR count). The standard InChI is InChI=1S/C15H24N2O3S/c18-21(19,13-12-20-15-7-2-1-3-8-15)17-11-9-14-6-4-5-10-16-14/h1-3,7-8,14,16-17H,4-6,9-13H2/t14-/m1/s1. The van der Waals surface area contributed by atoms with E-state index in [0.717, 1.165) is 19.4 Å². The summed E-state index contributed by atoms with van der Waals surface area (Å²) in [7, 11) is -3.26. The highest BCUT2D eigenvalue weighted by atomic mass is 32.2. The Hall–Kier alpha value is -1.11. The van der Waals surface area contributed by atoms with Gasteiger partial charge in [-0.3, -0.25) is 0 Å². The van der Waals surface area contributed by atoms with Crippen molar-refractivity contribution in [2.75, 3.05) is 25.4 Å². The van der Waals surface area contributed by atoms with E-state index >= 15 is 0 Å².